The van der Waals surface area contributed by atoms with Crippen LogP contribution in [0.2, 0.25) is 5.15 Å². The van der Waals surface area contributed by atoms with Gasteiger partial charge in [-0.1, -0.05) is 29.8 Å². The average Bonchev–Trinajstić information content (AvgIpc) is 2.85. The molecule has 0 aliphatic heterocycles. The minimum absolute atomic E-state index is 0.270. The van der Waals surface area contributed by atoms with Crippen LogP contribution in [0.4, 0.5) is 5.82 Å². The Morgan fingerprint density at radius 2 is 2.05 bits per heavy atom. The molecule has 0 saturated carbocycles. The first-order valence-corrected chi connectivity index (χ1v) is 5.87. The van der Waals surface area contributed by atoms with Gasteiger partial charge in [-0.05, 0) is 6.07 Å². The lowest BCUT2D eigenvalue weighted by molar-refractivity contribution is 0.102. The third-order valence-electron chi connectivity index (χ3n) is 2.59. The predicted molar refractivity (Wildman–Crippen MR) is 71.2 cm³/mol. The maximum Gasteiger partial charge on any atom is 0.260 e. The van der Waals surface area contributed by atoms with E-state index in [0.29, 0.717) is 17.0 Å². The summed E-state index contributed by atoms with van der Waals surface area (Å²) in [6.07, 6.45) is 4.18. The van der Waals surface area contributed by atoms with Crippen LogP contribution in [0.25, 0.3) is 11.0 Å². The van der Waals surface area contributed by atoms with Gasteiger partial charge in [0.2, 0.25) is 0 Å². The number of rotatable bonds is 2. The van der Waals surface area contributed by atoms with Crippen LogP contribution in [0.5, 0.6) is 0 Å². The Kier molecular flexibility index (Phi) is 2.89. The van der Waals surface area contributed by atoms with Crippen molar-refractivity contribution < 1.29 is 9.21 Å². The summed E-state index contributed by atoms with van der Waals surface area (Å²) in [6, 6.07) is 7.31. The van der Waals surface area contributed by atoms with Crippen LogP contribution in [-0.4, -0.2) is 15.9 Å². The number of carbonyl (C=O) groups is 1. The van der Waals surface area contributed by atoms with E-state index < -0.39 is 0 Å². The Balaban J connectivity index is 1.90. The van der Waals surface area contributed by atoms with Gasteiger partial charge in [-0.25, -0.2) is 9.97 Å². The summed E-state index contributed by atoms with van der Waals surface area (Å²) >= 11 is 5.62. The molecule has 3 rings (SSSR count). The summed E-state index contributed by atoms with van der Waals surface area (Å²) in [5, 5.41) is 3.65. The van der Waals surface area contributed by atoms with Gasteiger partial charge in [-0.15, -0.1) is 0 Å². The Bertz CT molecular complexity index is 737. The average molecular weight is 274 g/mol. The smallest absolute Gasteiger partial charge is 0.260 e. The highest BCUT2D eigenvalue weighted by molar-refractivity contribution is 6.29. The standard InChI is InChI=1S/C13H8ClN3O2/c14-11-5-16-12(6-15-11)17-13(18)9-7-19-10-4-2-1-3-8(9)10/h1-7H,(H,16,17,18). The molecule has 94 valence electrons. The van der Waals surface area contributed by atoms with Crippen molar-refractivity contribution in [3.05, 3.63) is 53.6 Å². The molecular formula is C13H8ClN3O2. The van der Waals surface area contributed by atoms with Crippen LogP contribution < -0.4 is 5.32 Å². The molecule has 0 aliphatic carbocycles. The number of carbonyl (C=O) groups excluding carboxylic acids is 1. The molecule has 0 saturated heterocycles. The molecule has 19 heavy (non-hydrogen) atoms. The zero-order valence-electron chi connectivity index (χ0n) is 9.63. The van der Waals surface area contributed by atoms with E-state index in [1.165, 1.54) is 18.7 Å². The van der Waals surface area contributed by atoms with E-state index in [2.05, 4.69) is 15.3 Å². The zero-order valence-corrected chi connectivity index (χ0v) is 10.4. The second-order valence-electron chi connectivity index (χ2n) is 3.82. The van der Waals surface area contributed by atoms with Crippen molar-refractivity contribution in [2.24, 2.45) is 0 Å². The van der Waals surface area contributed by atoms with Crippen molar-refractivity contribution >= 4 is 34.3 Å². The van der Waals surface area contributed by atoms with Gasteiger partial charge in [-0.2, -0.15) is 0 Å². The summed E-state index contributed by atoms with van der Waals surface area (Å²) in [5.41, 5.74) is 1.11. The molecule has 0 radical (unpaired) electrons. The fraction of sp³-hybridized carbons (Fsp3) is 0. The Morgan fingerprint density at radius 1 is 1.21 bits per heavy atom. The fourth-order valence-electron chi connectivity index (χ4n) is 1.71. The van der Waals surface area contributed by atoms with Gasteiger partial charge in [-0.3, -0.25) is 4.79 Å². The first-order chi connectivity index (χ1) is 9.24. The number of aromatic nitrogens is 2. The molecular weight excluding hydrogens is 266 g/mol. The van der Waals surface area contributed by atoms with Crippen molar-refractivity contribution in [1.82, 2.24) is 9.97 Å². The molecule has 0 aliphatic rings. The highest BCUT2D eigenvalue weighted by atomic mass is 35.5. The quantitative estimate of drug-likeness (QED) is 0.779. The SMILES string of the molecule is O=C(Nc1cnc(Cl)cn1)c1coc2ccccc12. The summed E-state index contributed by atoms with van der Waals surface area (Å²) < 4.78 is 5.31. The van der Waals surface area contributed by atoms with Gasteiger partial charge in [0.1, 0.15) is 17.0 Å². The molecule has 5 nitrogen and oxygen atoms in total. The second kappa shape index (κ2) is 4.70. The number of hydrogen-bond acceptors (Lipinski definition) is 4. The monoisotopic (exact) mass is 273 g/mol. The van der Waals surface area contributed by atoms with E-state index in [1.807, 2.05) is 18.2 Å². The third-order valence-corrected chi connectivity index (χ3v) is 2.78. The molecule has 0 atom stereocenters. The molecule has 1 aromatic carbocycles. The van der Waals surface area contributed by atoms with E-state index >= 15 is 0 Å². The molecule has 0 bridgehead atoms. The summed E-state index contributed by atoms with van der Waals surface area (Å²) in [4.78, 5) is 19.9. The Hall–Kier alpha value is -2.40. The van der Waals surface area contributed by atoms with Crippen LogP contribution in [0.3, 0.4) is 0 Å². The highest BCUT2D eigenvalue weighted by Gasteiger charge is 2.13. The number of furan rings is 1. The fourth-order valence-corrected chi connectivity index (χ4v) is 1.81. The maximum atomic E-state index is 12.1. The minimum Gasteiger partial charge on any atom is -0.463 e. The number of para-hydroxylation sites is 1. The van der Waals surface area contributed by atoms with E-state index in [1.54, 1.807) is 6.07 Å². The number of nitrogens with zero attached hydrogens (tertiary/aromatic N) is 2. The lowest BCUT2D eigenvalue weighted by Crippen LogP contribution is -2.12. The molecule has 0 spiro atoms. The first kappa shape index (κ1) is 11.7. The second-order valence-corrected chi connectivity index (χ2v) is 4.21. The van der Waals surface area contributed by atoms with Gasteiger partial charge < -0.3 is 9.73 Å². The van der Waals surface area contributed by atoms with Crippen LogP contribution in [0.1, 0.15) is 10.4 Å². The summed E-state index contributed by atoms with van der Waals surface area (Å²) in [6.45, 7) is 0. The Morgan fingerprint density at radius 3 is 2.84 bits per heavy atom. The molecule has 2 heterocycles. The van der Waals surface area contributed by atoms with Crippen molar-refractivity contribution in [2.75, 3.05) is 5.32 Å². The van der Waals surface area contributed by atoms with Crippen LogP contribution in [0, 0.1) is 0 Å². The van der Waals surface area contributed by atoms with Crippen LogP contribution >= 0.6 is 11.6 Å². The van der Waals surface area contributed by atoms with Crippen LogP contribution in [-0.2, 0) is 0 Å². The van der Waals surface area contributed by atoms with Crippen molar-refractivity contribution in [3.63, 3.8) is 0 Å². The number of amides is 1. The van der Waals surface area contributed by atoms with Crippen LogP contribution in [0.15, 0.2) is 47.3 Å². The molecule has 3 aromatic rings. The minimum atomic E-state index is -0.304. The largest absolute Gasteiger partial charge is 0.463 e. The van der Waals surface area contributed by atoms with Gasteiger partial charge in [0.05, 0.1) is 18.0 Å². The number of nitrogens with one attached hydrogen (secondary N) is 1. The zero-order chi connectivity index (χ0) is 13.2. The lowest BCUT2D eigenvalue weighted by atomic mass is 10.1. The Labute approximate surface area is 113 Å². The van der Waals surface area contributed by atoms with Crippen molar-refractivity contribution in [1.29, 1.82) is 0 Å². The predicted octanol–water partition coefficient (Wildman–Crippen LogP) is 3.13. The molecule has 0 fully saturated rings. The van der Waals surface area contributed by atoms with Crippen molar-refractivity contribution in [2.45, 2.75) is 0 Å². The van der Waals surface area contributed by atoms with Gasteiger partial charge >= 0.3 is 0 Å². The van der Waals surface area contributed by atoms with E-state index in [4.69, 9.17) is 16.0 Å². The van der Waals surface area contributed by atoms with E-state index in [0.717, 1.165) is 5.39 Å². The number of halogens is 1. The number of hydrogen-bond donors (Lipinski definition) is 1. The number of fused-ring (bicyclic) bond motifs is 1. The normalized spacial score (nSPS) is 10.6. The van der Waals surface area contributed by atoms with E-state index in [9.17, 15) is 4.79 Å². The lowest BCUT2D eigenvalue weighted by Gasteiger charge is -2.02. The third kappa shape index (κ3) is 2.28. The van der Waals surface area contributed by atoms with Crippen molar-refractivity contribution in [3.8, 4) is 0 Å². The molecule has 1 amide bonds. The highest BCUT2D eigenvalue weighted by Crippen LogP contribution is 2.21. The number of benzene rings is 1. The summed E-state index contributed by atoms with van der Waals surface area (Å²) in [7, 11) is 0. The molecule has 6 heteroatoms. The molecule has 0 unspecified atom stereocenters. The summed E-state index contributed by atoms with van der Waals surface area (Å²) in [5.74, 6) is 0.0289. The molecule has 2 aromatic heterocycles. The van der Waals surface area contributed by atoms with Gasteiger partial charge in [0.25, 0.3) is 5.91 Å². The van der Waals surface area contributed by atoms with E-state index in [-0.39, 0.29) is 11.1 Å². The maximum absolute atomic E-state index is 12.1. The first-order valence-electron chi connectivity index (χ1n) is 5.49. The number of anilines is 1. The van der Waals surface area contributed by atoms with Gasteiger partial charge in [0.15, 0.2) is 5.82 Å². The van der Waals surface area contributed by atoms with Gasteiger partial charge in [0, 0.05) is 5.39 Å². The topological polar surface area (TPSA) is 68.0 Å². The molecule has 1 N–H and O–H groups in total.